The molecule has 0 amide bonds. The van der Waals surface area contributed by atoms with Gasteiger partial charge in [0.05, 0.1) is 11.9 Å². The van der Waals surface area contributed by atoms with E-state index in [4.69, 9.17) is 5.73 Å². The Bertz CT molecular complexity index is 354. The van der Waals surface area contributed by atoms with E-state index >= 15 is 0 Å². The molecule has 82 valence electrons. The number of nitrogens with two attached hydrogens (primary N) is 1. The monoisotopic (exact) mass is 223 g/mol. The first-order chi connectivity index (χ1) is 7.16. The minimum absolute atomic E-state index is 0.693. The van der Waals surface area contributed by atoms with Crippen LogP contribution >= 0.6 is 11.8 Å². The van der Waals surface area contributed by atoms with E-state index in [1.165, 1.54) is 5.75 Å². The number of hydrogen-bond acceptors (Lipinski definition) is 4. The first-order valence-corrected chi connectivity index (χ1v) is 6.30. The molecule has 0 saturated carbocycles. The van der Waals surface area contributed by atoms with Gasteiger partial charge < -0.3 is 10.6 Å². The third-order valence-electron chi connectivity index (χ3n) is 2.70. The smallest absolute Gasteiger partial charge is 0.128 e. The van der Waals surface area contributed by atoms with Gasteiger partial charge in [-0.2, -0.15) is 11.8 Å². The SMILES string of the molecule is Cc1cc(N2CCSC(C)C2)ncc1N. The molecular weight excluding hydrogens is 206 g/mol. The van der Waals surface area contributed by atoms with Crippen molar-refractivity contribution in [3.05, 3.63) is 17.8 Å². The highest BCUT2D eigenvalue weighted by atomic mass is 32.2. The largest absolute Gasteiger partial charge is 0.397 e. The van der Waals surface area contributed by atoms with E-state index in [0.717, 1.165) is 30.2 Å². The minimum atomic E-state index is 0.693. The zero-order valence-electron chi connectivity index (χ0n) is 9.23. The molecule has 3 nitrogen and oxygen atoms in total. The fourth-order valence-corrected chi connectivity index (χ4v) is 2.76. The first-order valence-electron chi connectivity index (χ1n) is 5.25. The molecule has 2 N–H and O–H groups in total. The Labute approximate surface area is 95.1 Å². The predicted molar refractivity (Wildman–Crippen MR) is 67.5 cm³/mol. The number of hydrogen-bond donors (Lipinski definition) is 1. The van der Waals surface area contributed by atoms with Gasteiger partial charge in [-0.05, 0) is 18.6 Å². The van der Waals surface area contributed by atoms with Crippen LogP contribution in [-0.4, -0.2) is 29.1 Å². The second-order valence-electron chi connectivity index (χ2n) is 4.03. The molecule has 2 rings (SSSR count). The lowest BCUT2D eigenvalue weighted by atomic mass is 10.2. The maximum atomic E-state index is 5.76. The van der Waals surface area contributed by atoms with Crippen LogP contribution in [0.1, 0.15) is 12.5 Å². The lowest BCUT2D eigenvalue weighted by Gasteiger charge is -2.31. The number of rotatable bonds is 1. The molecule has 1 aromatic rings. The Hall–Kier alpha value is -0.900. The number of anilines is 2. The van der Waals surface area contributed by atoms with Crippen molar-refractivity contribution in [3.8, 4) is 0 Å². The number of aryl methyl sites for hydroxylation is 1. The van der Waals surface area contributed by atoms with E-state index in [1.807, 2.05) is 18.7 Å². The lowest BCUT2D eigenvalue weighted by Crippen LogP contribution is -2.37. The van der Waals surface area contributed by atoms with Crippen molar-refractivity contribution < 1.29 is 0 Å². The lowest BCUT2D eigenvalue weighted by molar-refractivity contribution is 0.770. The van der Waals surface area contributed by atoms with Gasteiger partial charge in [0.25, 0.3) is 0 Å². The highest BCUT2D eigenvalue weighted by Gasteiger charge is 2.17. The summed E-state index contributed by atoms with van der Waals surface area (Å²) in [7, 11) is 0. The molecule has 2 heterocycles. The van der Waals surface area contributed by atoms with Gasteiger partial charge in [-0.1, -0.05) is 6.92 Å². The molecule has 0 bridgehead atoms. The summed E-state index contributed by atoms with van der Waals surface area (Å²) in [6.07, 6.45) is 1.76. The number of thioether (sulfide) groups is 1. The molecule has 1 aliphatic heterocycles. The van der Waals surface area contributed by atoms with E-state index in [1.54, 1.807) is 6.20 Å². The summed E-state index contributed by atoms with van der Waals surface area (Å²) in [5, 5.41) is 0.693. The molecule has 0 radical (unpaired) electrons. The third kappa shape index (κ3) is 2.37. The Morgan fingerprint density at radius 2 is 2.40 bits per heavy atom. The molecule has 1 unspecified atom stereocenters. The van der Waals surface area contributed by atoms with Crippen LogP contribution < -0.4 is 10.6 Å². The maximum Gasteiger partial charge on any atom is 0.128 e. The van der Waals surface area contributed by atoms with Gasteiger partial charge in [0.2, 0.25) is 0 Å². The minimum Gasteiger partial charge on any atom is -0.397 e. The Morgan fingerprint density at radius 3 is 3.07 bits per heavy atom. The number of nitrogen functional groups attached to an aromatic ring is 1. The maximum absolute atomic E-state index is 5.76. The number of pyridine rings is 1. The third-order valence-corrected chi connectivity index (χ3v) is 3.84. The van der Waals surface area contributed by atoms with Crippen LogP contribution in [0.3, 0.4) is 0 Å². The average molecular weight is 223 g/mol. The topological polar surface area (TPSA) is 42.2 Å². The van der Waals surface area contributed by atoms with Crippen LogP contribution in [-0.2, 0) is 0 Å². The van der Waals surface area contributed by atoms with Crippen molar-refractivity contribution in [3.63, 3.8) is 0 Å². The molecule has 0 aliphatic carbocycles. The Kier molecular flexibility index (Phi) is 3.05. The fourth-order valence-electron chi connectivity index (χ4n) is 1.75. The molecule has 0 aromatic carbocycles. The quantitative estimate of drug-likeness (QED) is 0.790. The van der Waals surface area contributed by atoms with E-state index < -0.39 is 0 Å². The van der Waals surface area contributed by atoms with E-state index in [-0.39, 0.29) is 0 Å². The summed E-state index contributed by atoms with van der Waals surface area (Å²) in [4.78, 5) is 6.73. The molecule has 1 fully saturated rings. The van der Waals surface area contributed by atoms with Crippen LogP contribution in [0, 0.1) is 6.92 Å². The molecule has 1 saturated heterocycles. The summed E-state index contributed by atoms with van der Waals surface area (Å²) in [5.74, 6) is 2.25. The van der Waals surface area contributed by atoms with Crippen molar-refractivity contribution in [1.82, 2.24) is 4.98 Å². The van der Waals surface area contributed by atoms with E-state index in [9.17, 15) is 0 Å². The fraction of sp³-hybridized carbons (Fsp3) is 0.545. The van der Waals surface area contributed by atoms with Crippen molar-refractivity contribution in [2.45, 2.75) is 19.1 Å². The van der Waals surface area contributed by atoms with Crippen LogP contribution in [0.4, 0.5) is 11.5 Å². The summed E-state index contributed by atoms with van der Waals surface area (Å²) >= 11 is 2.03. The summed E-state index contributed by atoms with van der Waals surface area (Å²) < 4.78 is 0. The standard InChI is InChI=1S/C11H17N3S/c1-8-5-11(13-6-10(8)12)14-3-4-15-9(2)7-14/h5-6,9H,3-4,7,12H2,1-2H3. The van der Waals surface area contributed by atoms with E-state index in [0.29, 0.717) is 5.25 Å². The van der Waals surface area contributed by atoms with Crippen molar-refractivity contribution in [2.24, 2.45) is 0 Å². The second kappa shape index (κ2) is 4.31. The zero-order chi connectivity index (χ0) is 10.8. The van der Waals surface area contributed by atoms with Gasteiger partial charge in [-0.15, -0.1) is 0 Å². The molecule has 0 spiro atoms. The van der Waals surface area contributed by atoms with Gasteiger partial charge in [-0.3, -0.25) is 0 Å². The predicted octanol–water partition coefficient (Wildman–Crippen LogP) is 1.91. The molecule has 1 aliphatic rings. The van der Waals surface area contributed by atoms with Gasteiger partial charge in [0.1, 0.15) is 5.82 Å². The zero-order valence-corrected chi connectivity index (χ0v) is 10.0. The number of nitrogens with zero attached hydrogens (tertiary/aromatic N) is 2. The average Bonchev–Trinajstić information content (AvgIpc) is 2.22. The van der Waals surface area contributed by atoms with Crippen LogP contribution in [0.2, 0.25) is 0 Å². The Balaban J connectivity index is 2.18. The molecular formula is C11H17N3S. The normalized spacial score (nSPS) is 21.7. The molecule has 1 aromatic heterocycles. The second-order valence-corrected chi connectivity index (χ2v) is 5.57. The molecule has 1 atom stereocenters. The molecule has 4 heteroatoms. The van der Waals surface area contributed by atoms with Gasteiger partial charge in [-0.25, -0.2) is 4.98 Å². The van der Waals surface area contributed by atoms with Crippen LogP contribution in [0.5, 0.6) is 0 Å². The van der Waals surface area contributed by atoms with Gasteiger partial charge in [0.15, 0.2) is 0 Å². The van der Waals surface area contributed by atoms with E-state index in [2.05, 4.69) is 22.9 Å². The highest BCUT2D eigenvalue weighted by molar-refractivity contribution is 8.00. The summed E-state index contributed by atoms with van der Waals surface area (Å²) in [5.41, 5.74) is 7.65. The molecule has 15 heavy (non-hydrogen) atoms. The van der Waals surface area contributed by atoms with Crippen molar-refractivity contribution >= 4 is 23.3 Å². The van der Waals surface area contributed by atoms with Crippen molar-refractivity contribution in [2.75, 3.05) is 29.5 Å². The highest BCUT2D eigenvalue weighted by Crippen LogP contribution is 2.23. The summed E-state index contributed by atoms with van der Waals surface area (Å²) in [6, 6.07) is 2.08. The van der Waals surface area contributed by atoms with Crippen molar-refractivity contribution in [1.29, 1.82) is 0 Å². The van der Waals surface area contributed by atoms with Gasteiger partial charge >= 0.3 is 0 Å². The number of aromatic nitrogens is 1. The summed E-state index contributed by atoms with van der Waals surface area (Å²) in [6.45, 7) is 6.47. The Morgan fingerprint density at radius 1 is 1.60 bits per heavy atom. The van der Waals surface area contributed by atoms with Gasteiger partial charge in [0, 0.05) is 24.1 Å². The first kappa shape index (κ1) is 10.6. The van der Waals surface area contributed by atoms with Crippen LogP contribution in [0.25, 0.3) is 0 Å². The van der Waals surface area contributed by atoms with Crippen LogP contribution in [0.15, 0.2) is 12.3 Å².